The molecule has 0 atom stereocenters. The van der Waals surface area contributed by atoms with Crippen LogP contribution < -0.4 is 10.3 Å². The van der Waals surface area contributed by atoms with Crippen molar-refractivity contribution in [3.05, 3.63) is 69.0 Å². The lowest BCUT2D eigenvalue weighted by molar-refractivity contribution is 0.0660. The fraction of sp³-hybridized carbons (Fsp3) is 0.190. The van der Waals surface area contributed by atoms with Gasteiger partial charge in [-0.05, 0) is 38.1 Å². The molecule has 0 saturated heterocycles. The Morgan fingerprint density at radius 2 is 2.03 bits per heavy atom. The molecule has 0 aliphatic rings. The molecule has 0 aliphatic heterocycles. The van der Waals surface area contributed by atoms with Crippen LogP contribution in [0.25, 0.3) is 21.3 Å². The lowest BCUT2D eigenvalue weighted by atomic mass is 10.0. The van der Waals surface area contributed by atoms with Crippen LogP contribution in [0.4, 0.5) is 0 Å². The van der Waals surface area contributed by atoms with Gasteiger partial charge in [-0.25, -0.2) is 9.78 Å². The van der Waals surface area contributed by atoms with E-state index in [9.17, 15) is 9.59 Å². The molecule has 1 N–H and O–H groups in total. The van der Waals surface area contributed by atoms with Crippen molar-refractivity contribution in [1.82, 2.24) is 9.55 Å². The fourth-order valence-electron chi connectivity index (χ4n) is 3.28. The van der Waals surface area contributed by atoms with Crippen LogP contribution in [-0.4, -0.2) is 27.7 Å². The summed E-state index contributed by atoms with van der Waals surface area (Å²) >= 11 is 1.40. The predicted octanol–water partition coefficient (Wildman–Crippen LogP) is 4.09. The van der Waals surface area contributed by atoms with Gasteiger partial charge in [-0.1, -0.05) is 11.6 Å². The number of methoxy groups -OCH3 is 1. The highest BCUT2D eigenvalue weighted by atomic mass is 32.1. The van der Waals surface area contributed by atoms with E-state index in [0.29, 0.717) is 27.6 Å². The molecule has 0 unspecified atom stereocenters. The fourth-order valence-corrected chi connectivity index (χ4v) is 4.25. The Morgan fingerprint density at radius 1 is 1.24 bits per heavy atom. The van der Waals surface area contributed by atoms with E-state index < -0.39 is 5.97 Å². The van der Waals surface area contributed by atoms with E-state index in [1.54, 1.807) is 20.1 Å². The molecule has 0 aliphatic carbocycles. The number of carbonyl (C=O) groups is 1. The third-order valence-electron chi connectivity index (χ3n) is 4.72. The number of aromatic carboxylic acids is 1. The molecule has 1 aromatic carbocycles. The molecule has 3 heterocycles. The van der Waals surface area contributed by atoms with E-state index in [2.05, 4.69) is 4.98 Å². The molecular weight excluding hydrogens is 392 g/mol. The first-order chi connectivity index (χ1) is 13.9. The summed E-state index contributed by atoms with van der Waals surface area (Å²) in [6, 6.07) is 8.74. The first-order valence-corrected chi connectivity index (χ1v) is 9.72. The van der Waals surface area contributed by atoms with Crippen LogP contribution in [0.3, 0.4) is 0 Å². The van der Waals surface area contributed by atoms with Gasteiger partial charge in [-0.3, -0.25) is 9.36 Å². The maximum atomic E-state index is 13.4. The number of rotatable bonds is 5. The maximum absolute atomic E-state index is 13.4. The number of fused-ring (bicyclic) bond motifs is 1. The van der Waals surface area contributed by atoms with Gasteiger partial charge in [0.1, 0.15) is 22.2 Å². The lowest BCUT2D eigenvalue weighted by Crippen LogP contribution is -2.24. The molecule has 3 aromatic heterocycles. The Hall–Kier alpha value is -3.39. The molecule has 0 saturated carbocycles. The van der Waals surface area contributed by atoms with E-state index in [4.69, 9.17) is 14.3 Å². The normalized spacial score (nSPS) is 11.1. The summed E-state index contributed by atoms with van der Waals surface area (Å²) in [5.74, 6) is 0.263. The zero-order chi connectivity index (χ0) is 20.7. The number of hydrogen-bond acceptors (Lipinski definition) is 6. The van der Waals surface area contributed by atoms with E-state index in [1.807, 2.05) is 30.5 Å². The zero-order valence-electron chi connectivity index (χ0n) is 16.1. The number of aromatic nitrogens is 2. The van der Waals surface area contributed by atoms with Gasteiger partial charge in [-0.2, -0.15) is 0 Å². The molecule has 0 fully saturated rings. The average molecular weight is 410 g/mol. The third kappa shape index (κ3) is 3.31. The van der Waals surface area contributed by atoms with Gasteiger partial charge in [0, 0.05) is 16.5 Å². The van der Waals surface area contributed by atoms with Crippen molar-refractivity contribution in [3.63, 3.8) is 0 Å². The highest BCUT2D eigenvalue weighted by Gasteiger charge is 2.19. The van der Waals surface area contributed by atoms with Crippen LogP contribution >= 0.6 is 11.3 Å². The van der Waals surface area contributed by atoms with E-state index in [-0.39, 0.29) is 17.9 Å². The molecule has 4 rings (SSSR count). The van der Waals surface area contributed by atoms with Gasteiger partial charge in [0.2, 0.25) is 5.76 Å². The third-order valence-corrected chi connectivity index (χ3v) is 5.59. The zero-order valence-corrected chi connectivity index (χ0v) is 16.9. The van der Waals surface area contributed by atoms with Crippen LogP contribution in [-0.2, 0) is 6.54 Å². The van der Waals surface area contributed by atoms with E-state index in [1.165, 1.54) is 22.0 Å². The number of furan rings is 1. The van der Waals surface area contributed by atoms with E-state index in [0.717, 1.165) is 16.7 Å². The second kappa shape index (κ2) is 7.21. The van der Waals surface area contributed by atoms with Crippen LogP contribution in [0, 0.1) is 13.8 Å². The summed E-state index contributed by atoms with van der Waals surface area (Å²) in [6.07, 6.45) is 0. The van der Waals surface area contributed by atoms with Crippen molar-refractivity contribution < 1.29 is 19.1 Å². The van der Waals surface area contributed by atoms with Crippen LogP contribution in [0.2, 0.25) is 0 Å². The molecule has 0 radical (unpaired) electrons. The smallest absolute Gasteiger partial charge is 0.371 e. The van der Waals surface area contributed by atoms with Crippen molar-refractivity contribution in [2.24, 2.45) is 0 Å². The van der Waals surface area contributed by atoms with Crippen molar-refractivity contribution in [3.8, 4) is 16.9 Å². The molecule has 148 valence electrons. The maximum Gasteiger partial charge on any atom is 0.371 e. The molecule has 0 spiro atoms. The van der Waals surface area contributed by atoms with Gasteiger partial charge >= 0.3 is 5.97 Å². The molecule has 29 heavy (non-hydrogen) atoms. The van der Waals surface area contributed by atoms with Crippen molar-refractivity contribution in [2.75, 3.05) is 7.11 Å². The van der Waals surface area contributed by atoms with Crippen LogP contribution in [0.5, 0.6) is 5.75 Å². The molecule has 4 aromatic rings. The number of carboxylic acid groups (broad SMARTS) is 1. The first kappa shape index (κ1) is 18.9. The molecule has 7 nitrogen and oxygen atoms in total. The number of benzene rings is 1. The molecule has 0 amide bonds. The van der Waals surface area contributed by atoms with E-state index >= 15 is 0 Å². The van der Waals surface area contributed by atoms with Crippen LogP contribution in [0.15, 0.2) is 44.9 Å². The van der Waals surface area contributed by atoms with Gasteiger partial charge in [0.25, 0.3) is 5.56 Å². The average Bonchev–Trinajstić information content (AvgIpc) is 3.32. The minimum absolute atomic E-state index is 0.0983. The summed E-state index contributed by atoms with van der Waals surface area (Å²) < 4.78 is 12.3. The summed E-state index contributed by atoms with van der Waals surface area (Å²) in [5, 5.41) is 11.5. The summed E-state index contributed by atoms with van der Waals surface area (Å²) in [4.78, 5) is 29.6. The van der Waals surface area contributed by atoms with Crippen molar-refractivity contribution >= 4 is 27.5 Å². The number of carboxylic acids is 1. The topological polar surface area (TPSA) is 94.6 Å². The minimum atomic E-state index is -1.15. The second-order valence-electron chi connectivity index (χ2n) is 6.65. The van der Waals surface area contributed by atoms with Gasteiger partial charge in [0.15, 0.2) is 0 Å². The van der Waals surface area contributed by atoms with Crippen molar-refractivity contribution in [1.29, 1.82) is 0 Å². The quantitative estimate of drug-likeness (QED) is 0.533. The van der Waals surface area contributed by atoms with Crippen LogP contribution in [0.1, 0.15) is 27.7 Å². The number of thiophene rings is 1. The standard InChI is InChI=1S/C21H18N2O5S/c1-11-4-6-16(27-3)14(8-11)15-10-29-19-18(15)20(24)23(12(2)22-19)9-13-5-7-17(28-13)21(25)26/h4-8,10H,9H2,1-3H3,(H,25,26). The monoisotopic (exact) mass is 410 g/mol. The molecule has 8 heteroatoms. The minimum Gasteiger partial charge on any atom is -0.496 e. The summed E-state index contributed by atoms with van der Waals surface area (Å²) in [6.45, 7) is 3.82. The Morgan fingerprint density at radius 3 is 2.72 bits per heavy atom. The number of aryl methyl sites for hydroxylation is 2. The number of hydrogen-bond donors (Lipinski definition) is 1. The molecule has 0 bridgehead atoms. The van der Waals surface area contributed by atoms with Gasteiger partial charge < -0.3 is 14.3 Å². The molecular formula is C21H18N2O5S. The Balaban J connectivity index is 1.88. The van der Waals surface area contributed by atoms with Gasteiger partial charge in [-0.15, -0.1) is 11.3 Å². The Bertz CT molecular complexity index is 1300. The number of ether oxygens (including phenoxy) is 1. The lowest BCUT2D eigenvalue weighted by Gasteiger charge is -2.11. The highest BCUT2D eigenvalue weighted by Crippen LogP contribution is 2.37. The Kier molecular flexibility index (Phi) is 4.71. The SMILES string of the molecule is COc1ccc(C)cc1-c1csc2nc(C)n(Cc3ccc(C(=O)O)o3)c(=O)c12. The predicted molar refractivity (Wildman–Crippen MR) is 110 cm³/mol. The highest BCUT2D eigenvalue weighted by molar-refractivity contribution is 7.17. The largest absolute Gasteiger partial charge is 0.496 e. The first-order valence-electron chi connectivity index (χ1n) is 8.84. The van der Waals surface area contributed by atoms with Crippen molar-refractivity contribution in [2.45, 2.75) is 20.4 Å². The summed E-state index contributed by atoms with van der Waals surface area (Å²) in [7, 11) is 1.60. The number of nitrogens with zero attached hydrogens (tertiary/aromatic N) is 2. The summed E-state index contributed by atoms with van der Waals surface area (Å²) in [5.41, 5.74) is 2.44. The van der Waals surface area contributed by atoms with Gasteiger partial charge in [0.05, 0.1) is 19.0 Å². The second-order valence-corrected chi connectivity index (χ2v) is 7.51. The Labute approximate surface area is 169 Å².